The summed E-state index contributed by atoms with van der Waals surface area (Å²) in [7, 11) is 0. The fourth-order valence-corrected chi connectivity index (χ4v) is 3.12. The smallest absolute Gasteiger partial charge is 0.128 e. The van der Waals surface area contributed by atoms with Crippen LogP contribution in [0.25, 0.3) is 11.1 Å². The van der Waals surface area contributed by atoms with Crippen LogP contribution in [-0.2, 0) is 6.42 Å². The van der Waals surface area contributed by atoms with Crippen molar-refractivity contribution >= 4 is 23.2 Å². The van der Waals surface area contributed by atoms with Crippen LogP contribution in [0.4, 0.5) is 4.39 Å². The van der Waals surface area contributed by atoms with E-state index in [4.69, 9.17) is 23.2 Å². The summed E-state index contributed by atoms with van der Waals surface area (Å²) in [5.41, 5.74) is 2.65. The van der Waals surface area contributed by atoms with Gasteiger partial charge in [0.25, 0.3) is 0 Å². The molecule has 2 aromatic carbocycles. The monoisotopic (exact) mass is 291 g/mol. The van der Waals surface area contributed by atoms with Crippen LogP contribution in [0.1, 0.15) is 17.0 Å². The highest BCUT2D eigenvalue weighted by Gasteiger charge is 2.30. The van der Waals surface area contributed by atoms with Crippen molar-refractivity contribution in [2.24, 2.45) is 0 Å². The van der Waals surface area contributed by atoms with Gasteiger partial charge in [-0.1, -0.05) is 35.3 Å². The Morgan fingerprint density at radius 3 is 2.63 bits per heavy atom. The second-order valence-electron chi connectivity index (χ2n) is 4.47. The average Bonchev–Trinajstić information content (AvgIpc) is 2.42. The summed E-state index contributed by atoms with van der Waals surface area (Å²) >= 11 is 12.4. The number of hydrogen-bond donors (Lipinski definition) is 0. The standard InChI is InChI=1S/C15H8Cl2FN/c16-11-4-5-12(17)15-9-2-1-3-13(18)14(9)8(7-19)6-10(11)15/h1-5,8H,6H2/t8-/m0/s1. The van der Waals surface area contributed by atoms with Crippen LogP contribution >= 0.6 is 23.2 Å². The molecule has 0 bridgehead atoms. The van der Waals surface area contributed by atoms with Crippen LogP contribution in [0.3, 0.4) is 0 Å². The molecule has 0 aliphatic heterocycles. The van der Waals surface area contributed by atoms with E-state index in [0.29, 0.717) is 27.6 Å². The maximum Gasteiger partial charge on any atom is 0.128 e. The highest BCUT2D eigenvalue weighted by Crippen LogP contribution is 2.46. The zero-order valence-corrected chi connectivity index (χ0v) is 11.3. The first-order chi connectivity index (χ1) is 9.13. The van der Waals surface area contributed by atoms with Gasteiger partial charge in [-0.2, -0.15) is 5.26 Å². The summed E-state index contributed by atoms with van der Waals surface area (Å²) in [6, 6.07) is 10.3. The van der Waals surface area contributed by atoms with Crippen molar-refractivity contribution in [1.29, 1.82) is 5.26 Å². The number of hydrogen-bond acceptors (Lipinski definition) is 1. The Kier molecular flexibility index (Phi) is 2.97. The lowest BCUT2D eigenvalue weighted by atomic mass is 9.79. The summed E-state index contributed by atoms with van der Waals surface area (Å²) in [6.07, 6.45) is 0.388. The first-order valence-corrected chi connectivity index (χ1v) is 6.54. The van der Waals surface area contributed by atoms with E-state index >= 15 is 0 Å². The molecule has 1 atom stereocenters. The number of halogens is 3. The molecule has 3 rings (SSSR count). The number of rotatable bonds is 0. The Balaban J connectivity index is 2.40. The number of nitriles is 1. The van der Waals surface area contributed by atoms with Crippen LogP contribution in [0.5, 0.6) is 0 Å². The fourth-order valence-electron chi connectivity index (χ4n) is 2.61. The van der Waals surface area contributed by atoms with E-state index in [-0.39, 0.29) is 5.82 Å². The fraction of sp³-hybridized carbons (Fsp3) is 0.133. The van der Waals surface area contributed by atoms with Crippen LogP contribution in [-0.4, -0.2) is 0 Å². The highest BCUT2D eigenvalue weighted by atomic mass is 35.5. The third-order valence-corrected chi connectivity index (χ3v) is 4.11. The Hall–Kier alpha value is -1.56. The number of benzene rings is 2. The molecule has 0 heterocycles. The average molecular weight is 292 g/mol. The van der Waals surface area contributed by atoms with Gasteiger partial charge in [-0.05, 0) is 35.7 Å². The molecule has 0 amide bonds. The van der Waals surface area contributed by atoms with E-state index in [2.05, 4.69) is 6.07 Å². The zero-order chi connectivity index (χ0) is 13.6. The van der Waals surface area contributed by atoms with Gasteiger partial charge in [0, 0.05) is 21.2 Å². The summed E-state index contributed by atoms with van der Waals surface area (Å²) in [4.78, 5) is 0. The molecule has 0 aromatic heterocycles. The topological polar surface area (TPSA) is 23.8 Å². The summed E-state index contributed by atoms with van der Waals surface area (Å²) in [5, 5.41) is 10.3. The molecule has 94 valence electrons. The minimum atomic E-state index is -0.528. The molecule has 4 heteroatoms. The maximum absolute atomic E-state index is 14.0. The number of nitrogens with zero attached hydrogens (tertiary/aromatic N) is 1. The molecule has 0 spiro atoms. The van der Waals surface area contributed by atoms with Crippen molar-refractivity contribution in [3.05, 3.63) is 57.3 Å². The Labute approximate surface area is 120 Å². The van der Waals surface area contributed by atoms with Crippen molar-refractivity contribution in [3.8, 4) is 17.2 Å². The lowest BCUT2D eigenvalue weighted by Gasteiger charge is -2.25. The molecule has 1 aliphatic rings. The van der Waals surface area contributed by atoms with Crippen molar-refractivity contribution in [1.82, 2.24) is 0 Å². The maximum atomic E-state index is 14.0. The Morgan fingerprint density at radius 2 is 1.89 bits per heavy atom. The second kappa shape index (κ2) is 4.52. The van der Waals surface area contributed by atoms with Gasteiger partial charge in [0.1, 0.15) is 5.82 Å². The van der Waals surface area contributed by atoms with Crippen molar-refractivity contribution in [2.45, 2.75) is 12.3 Å². The quantitative estimate of drug-likeness (QED) is 0.673. The van der Waals surface area contributed by atoms with Crippen molar-refractivity contribution in [3.63, 3.8) is 0 Å². The summed E-state index contributed by atoms with van der Waals surface area (Å²) in [6.45, 7) is 0. The molecule has 0 fully saturated rings. The lowest BCUT2D eigenvalue weighted by molar-refractivity contribution is 0.599. The molecule has 0 radical (unpaired) electrons. The Bertz CT molecular complexity index is 719. The van der Waals surface area contributed by atoms with Gasteiger partial charge in [0.05, 0.1) is 12.0 Å². The third kappa shape index (κ3) is 1.82. The van der Waals surface area contributed by atoms with Gasteiger partial charge in [0.15, 0.2) is 0 Å². The first-order valence-electron chi connectivity index (χ1n) is 5.78. The van der Waals surface area contributed by atoms with E-state index < -0.39 is 5.92 Å². The van der Waals surface area contributed by atoms with E-state index in [9.17, 15) is 9.65 Å². The van der Waals surface area contributed by atoms with Gasteiger partial charge in [0.2, 0.25) is 0 Å². The second-order valence-corrected chi connectivity index (χ2v) is 5.28. The molecule has 0 unspecified atom stereocenters. The summed E-state index contributed by atoms with van der Waals surface area (Å²) < 4.78 is 14.0. The molecule has 0 saturated heterocycles. The predicted molar refractivity (Wildman–Crippen MR) is 73.9 cm³/mol. The largest absolute Gasteiger partial charge is 0.207 e. The van der Waals surface area contributed by atoms with Gasteiger partial charge in [-0.25, -0.2) is 4.39 Å². The lowest BCUT2D eigenvalue weighted by Crippen LogP contribution is -2.12. The first kappa shape index (κ1) is 12.5. The molecule has 0 saturated carbocycles. The van der Waals surface area contributed by atoms with Gasteiger partial charge >= 0.3 is 0 Å². The van der Waals surface area contributed by atoms with Gasteiger partial charge < -0.3 is 0 Å². The molecule has 19 heavy (non-hydrogen) atoms. The molecule has 0 N–H and O–H groups in total. The van der Waals surface area contributed by atoms with Crippen molar-refractivity contribution < 1.29 is 4.39 Å². The van der Waals surface area contributed by atoms with Crippen LogP contribution in [0, 0.1) is 17.1 Å². The third-order valence-electron chi connectivity index (χ3n) is 3.44. The van der Waals surface area contributed by atoms with Crippen LogP contribution in [0.2, 0.25) is 10.0 Å². The van der Waals surface area contributed by atoms with E-state index in [0.717, 1.165) is 11.1 Å². The van der Waals surface area contributed by atoms with E-state index in [1.165, 1.54) is 6.07 Å². The van der Waals surface area contributed by atoms with Gasteiger partial charge in [-0.15, -0.1) is 0 Å². The molecule has 1 aliphatic carbocycles. The molecular weight excluding hydrogens is 284 g/mol. The molecule has 1 nitrogen and oxygen atoms in total. The van der Waals surface area contributed by atoms with E-state index in [1.54, 1.807) is 24.3 Å². The van der Waals surface area contributed by atoms with Crippen molar-refractivity contribution in [2.75, 3.05) is 0 Å². The zero-order valence-electron chi connectivity index (χ0n) is 9.75. The Morgan fingerprint density at radius 1 is 1.16 bits per heavy atom. The summed E-state index contributed by atoms with van der Waals surface area (Å²) in [5.74, 6) is -0.898. The van der Waals surface area contributed by atoms with Gasteiger partial charge in [-0.3, -0.25) is 0 Å². The number of fused-ring (bicyclic) bond motifs is 3. The minimum Gasteiger partial charge on any atom is -0.207 e. The van der Waals surface area contributed by atoms with Crippen LogP contribution < -0.4 is 0 Å². The van der Waals surface area contributed by atoms with Crippen LogP contribution in [0.15, 0.2) is 30.3 Å². The van der Waals surface area contributed by atoms with E-state index in [1.807, 2.05) is 0 Å². The minimum absolute atomic E-state index is 0.370. The predicted octanol–water partition coefficient (Wildman–Crippen LogP) is 4.96. The molecular formula is C15H8Cl2FN. The SMILES string of the molecule is N#C[C@@H]1Cc2c(Cl)ccc(Cl)c2-c2cccc(F)c21. The highest BCUT2D eigenvalue weighted by molar-refractivity contribution is 6.36. The normalized spacial score (nSPS) is 16.4. The molecule has 2 aromatic rings.